The van der Waals surface area contributed by atoms with Crippen molar-refractivity contribution >= 4 is 22.9 Å². The molecule has 0 heterocycles. The third-order valence-corrected chi connectivity index (χ3v) is 4.37. The van der Waals surface area contributed by atoms with Gasteiger partial charge in [0.2, 0.25) is 0 Å². The van der Waals surface area contributed by atoms with Crippen molar-refractivity contribution in [2.24, 2.45) is 5.10 Å². The summed E-state index contributed by atoms with van der Waals surface area (Å²) in [4.78, 5) is 12.4. The number of rotatable bonds is 3. The zero-order valence-electron chi connectivity index (χ0n) is 15.5. The molecule has 3 aromatic rings. The smallest absolute Gasteiger partial charge is 0.275 e. The highest BCUT2D eigenvalue weighted by atomic mass is 16.3. The first-order chi connectivity index (χ1) is 12.8. The van der Waals surface area contributed by atoms with Gasteiger partial charge in [0.15, 0.2) is 0 Å². The highest BCUT2D eigenvalue weighted by Crippen LogP contribution is 2.27. The summed E-state index contributed by atoms with van der Waals surface area (Å²) >= 11 is 0. The van der Waals surface area contributed by atoms with E-state index in [1.807, 2.05) is 36.4 Å². The Hall–Kier alpha value is -3.34. The zero-order chi connectivity index (χ0) is 19.6. The first-order valence-corrected chi connectivity index (χ1v) is 8.64. The Balaban J connectivity index is 1.81. The fourth-order valence-electron chi connectivity index (χ4n) is 2.76. The van der Waals surface area contributed by atoms with E-state index in [0.717, 1.165) is 16.3 Å². The van der Waals surface area contributed by atoms with Gasteiger partial charge < -0.3 is 10.2 Å². The van der Waals surface area contributed by atoms with Crippen LogP contribution in [0.5, 0.6) is 11.5 Å². The van der Waals surface area contributed by atoms with Gasteiger partial charge in [-0.2, -0.15) is 5.10 Å². The summed E-state index contributed by atoms with van der Waals surface area (Å²) in [5.74, 6) is -0.561. The molecule has 0 atom stereocenters. The topological polar surface area (TPSA) is 81.9 Å². The predicted octanol–water partition coefficient (Wildman–Crippen LogP) is 4.31. The molecule has 5 nitrogen and oxygen atoms in total. The molecular weight excluding hydrogens is 340 g/mol. The van der Waals surface area contributed by atoms with E-state index in [1.165, 1.54) is 6.21 Å². The van der Waals surface area contributed by atoms with Gasteiger partial charge in [0, 0.05) is 5.56 Å². The van der Waals surface area contributed by atoms with Crippen molar-refractivity contribution in [1.29, 1.82) is 0 Å². The lowest BCUT2D eigenvalue weighted by molar-refractivity contribution is 0.0952. The Labute approximate surface area is 158 Å². The monoisotopic (exact) mass is 362 g/mol. The van der Waals surface area contributed by atoms with E-state index in [-0.39, 0.29) is 22.5 Å². The number of aromatic hydroxyl groups is 2. The Kier molecular flexibility index (Phi) is 4.86. The largest absolute Gasteiger partial charge is 0.507 e. The average molecular weight is 362 g/mol. The lowest BCUT2D eigenvalue weighted by Crippen LogP contribution is -2.18. The zero-order valence-corrected chi connectivity index (χ0v) is 15.5. The van der Waals surface area contributed by atoms with E-state index >= 15 is 0 Å². The van der Waals surface area contributed by atoms with Gasteiger partial charge in [-0.1, -0.05) is 51.1 Å². The molecule has 0 saturated carbocycles. The molecule has 0 unspecified atom stereocenters. The number of benzene rings is 3. The second-order valence-corrected chi connectivity index (χ2v) is 7.44. The Bertz CT molecular complexity index is 1030. The maximum Gasteiger partial charge on any atom is 0.275 e. The van der Waals surface area contributed by atoms with Crippen molar-refractivity contribution in [2.45, 2.75) is 26.2 Å². The highest BCUT2D eigenvalue weighted by molar-refractivity contribution is 6.01. The first-order valence-electron chi connectivity index (χ1n) is 8.64. The summed E-state index contributed by atoms with van der Waals surface area (Å²) in [6.45, 7) is 6.22. The van der Waals surface area contributed by atoms with E-state index in [0.29, 0.717) is 5.56 Å². The van der Waals surface area contributed by atoms with E-state index in [9.17, 15) is 15.0 Å². The molecule has 0 fully saturated rings. The van der Waals surface area contributed by atoms with Crippen molar-refractivity contribution in [3.63, 3.8) is 0 Å². The Morgan fingerprint density at radius 1 is 0.963 bits per heavy atom. The number of carbonyl (C=O) groups is 1. The summed E-state index contributed by atoms with van der Waals surface area (Å²) in [5, 5.41) is 25.7. The van der Waals surface area contributed by atoms with E-state index in [1.54, 1.807) is 18.2 Å². The van der Waals surface area contributed by atoms with Crippen molar-refractivity contribution < 1.29 is 15.0 Å². The van der Waals surface area contributed by atoms with Crippen LogP contribution < -0.4 is 5.43 Å². The van der Waals surface area contributed by atoms with E-state index < -0.39 is 5.91 Å². The molecule has 0 radical (unpaired) electrons. The van der Waals surface area contributed by atoms with Crippen molar-refractivity contribution in [2.75, 3.05) is 0 Å². The van der Waals surface area contributed by atoms with Gasteiger partial charge >= 0.3 is 0 Å². The predicted molar refractivity (Wildman–Crippen MR) is 107 cm³/mol. The minimum absolute atomic E-state index is 0.0730. The Morgan fingerprint density at radius 2 is 1.63 bits per heavy atom. The molecule has 0 saturated heterocycles. The number of nitrogens with zero attached hydrogens (tertiary/aromatic N) is 1. The van der Waals surface area contributed by atoms with Crippen LogP contribution in [0, 0.1) is 0 Å². The molecule has 0 aliphatic rings. The molecular formula is C22H22N2O3. The normalized spacial score (nSPS) is 11.8. The molecule has 0 aliphatic carbocycles. The van der Waals surface area contributed by atoms with Gasteiger partial charge in [-0.05, 0) is 46.0 Å². The average Bonchev–Trinajstić information content (AvgIpc) is 2.61. The number of amides is 1. The molecule has 27 heavy (non-hydrogen) atoms. The molecule has 3 N–H and O–H groups in total. The summed E-state index contributed by atoms with van der Waals surface area (Å²) in [6.07, 6.45) is 1.39. The van der Waals surface area contributed by atoms with E-state index in [4.69, 9.17) is 0 Å². The molecule has 138 valence electrons. The molecule has 0 aromatic heterocycles. The molecule has 5 heteroatoms. The number of hydrazone groups is 1. The van der Waals surface area contributed by atoms with Crippen LogP contribution in [0.1, 0.15) is 42.3 Å². The number of fused-ring (bicyclic) bond motifs is 1. The molecule has 0 aliphatic heterocycles. The fourth-order valence-corrected chi connectivity index (χ4v) is 2.76. The van der Waals surface area contributed by atoms with Crippen LogP contribution in [0.3, 0.4) is 0 Å². The second kappa shape index (κ2) is 7.11. The number of phenolic OH excluding ortho intramolecular Hbond substituents is 2. The van der Waals surface area contributed by atoms with Crippen LogP contribution in [0.2, 0.25) is 0 Å². The first kappa shape index (κ1) is 18.5. The minimum atomic E-state index is -0.527. The van der Waals surface area contributed by atoms with Gasteiger partial charge in [-0.15, -0.1) is 0 Å². The fraction of sp³-hybridized carbons (Fsp3) is 0.182. The van der Waals surface area contributed by atoms with E-state index in [2.05, 4.69) is 31.3 Å². The van der Waals surface area contributed by atoms with Crippen LogP contribution in [0.4, 0.5) is 0 Å². The number of hydrogen-bond donors (Lipinski definition) is 3. The van der Waals surface area contributed by atoms with Crippen LogP contribution in [-0.4, -0.2) is 22.3 Å². The Morgan fingerprint density at radius 3 is 2.30 bits per heavy atom. The molecule has 0 spiro atoms. The molecule has 3 aromatic carbocycles. The summed E-state index contributed by atoms with van der Waals surface area (Å²) in [7, 11) is 0. The maximum atomic E-state index is 12.4. The summed E-state index contributed by atoms with van der Waals surface area (Å²) < 4.78 is 0. The lowest BCUT2D eigenvalue weighted by atomic mass is 9.86. The maximum absolute atomic E-state index is 12.4. The van der Waals surface area contributed by atoms with Crippen molar-refractivity contribution in [3.05, 3.63) is 71.3 Å². The minimum Gasteiger partial charge on any atom is -0.507 e. The summed E-state index contributed by atoms with van der Waals surface area (Å²) in [6, 6.07) is 15.9. The van der Waals surface area contributed by atoms with Gasteiger partial charge in [0.25, 0.3) is 5.91 Å². The van der Waals surface area contributed by atoms with Gasteiger partial charge in [-0.25, -0.2) is 5.43 Å². The van der Waals surface area contributed by atoms with Gasteiger partial charge in [0.05, 0.1) is 11.8 Å². The van der Waals surface area contributed by atoms with Crippen LogP contribution in [-0.2, 0) is 5.41 Å². The van der Waals surface area contributed by atoms with Crippen molar-refractivity contribution in [3.8, 4) is 11.5 Å². The number of phenols is 2. The molecule has 3 rings (SSSR count). The summed E-state index contributed by atoms with van der Waals surface area (Å²) in [5.41, 5.74) is 4.01. The quantitative estimate of drug-likeness (QED) is 0.479. The highest BCUT2D eigenvalue weighted by Gasteiger charge is 2.15. The van der Waals surface area contributed by atoms with Crippen LogP contribution in [0.15, 0.2) is 59.7 Å². The lowest BCUT2D eigenvalue weighted by Gasteiger charge is -2.19. The van der Waals surface area contributed by atoms with Gasteiger partial charge in [0.1, 0.15) is 11.5 Å². The van der Waals surface area contributed by atoms with Crippen LogP contribution in [0.25, 0.3) is 10.8 Å². The standard InChI is InChI=1S/C22H22N2O3/c1-22(2,3)17-8-9-19(25)16(10-17)13-23-24-21(27)18-11-14-6-4-5-7-15(14)12-20(18)26/h4-13,25-26H,1-3H3,(H,24,27). The number of hydrogen-bond acceptors (Lipinski definition) is 4. The third-order valence-electron chi connectivity index (χ3n) is 4.37. The van der Waals surface area contributed by atoms with Gasteiger partial charge in [-0.3, -0.25) is 4.79 Å². The van der Waals surface area contributed by atoms with Crippen molar-refractivity contribution in [1.82, 2.24) is 5.43 Å². The van der Waals surface area contributed by atoms with Crippen LogP contribution >= 0.6 is 0 Å². The molecule has 1 amide bonds. The SMILES string of the molecule is CC(C)(C)c1ccc(O)c(C=NNC(=O)c2cc3ccccc3cc2O)c1. The second-order valence-electron chi connectivity index (χ2n) is 7.44. The molecule has 0 bridgehead atoms. The third kappa shape index (κ3) is 4.08. The number of carbonyl (C=O) groups excluding carboxylic acids is 1. The number of nitrogens with one attached hydrogen (secondary N) is 1.